The van der Waals surface area contributed by atoms with Gasteiger partial charge in [-0.2, -0.15) is 0 Å². The van der Waals surface area contributed by atoms with E-state index in [-0.39, 0.29) is 11.6 Å². The Labute approximate surface area is 122 Å². The Balaban J connectivity index is 1.98. The fraction of sp³-hybridized carbons (Fsp3) is 0.667. The maximum Gasteiger partial charge on any atom is 0.124 e. The van der Waals surface area contributed by atoms with E-state index in [9.17, 15) is 0 Å². The van der Waals surface area contributed by atoms with Crippen molar-refractivity contribution in [1.29, 1.82) is 0 Å². The summed E-state index contributed by atoms with van der Waals surface area (Å²) in [5.74, 6) is 1.000. The second-order valence-corrected chi connectivity index (χ2v) is 8.49. The summed E-state index contributed by atoms with van der Waals surface area (Å²) in [6.07, 6.45) is 4.40. The Morgan fingerprint density at radius 3 is 2.25 bits per heavy atom. The Morgan fingerprint density at radius 1 is 1.00 bits per heavy atom. The molecule has 1 heterocycles. The third-order valence-corrected chi connectivity index (χ3v) is 4.80. The van der Waals surface area contributed by atoms with Gasteiger partial charge in [0.25, 0.3) is 0 Å². The molecule has 1 spiro atoms. The number of hydrogen-bond donors (Lipinski definition) is 1. The van der Waals surface area contributed by atoms with Crippen molar-refractivity contribution in [3.8, 4) is 5.75 Å². The van der Waals surface area contributed by atoms with Crippen molar-refractivity contribution in [2.75, 3.05) is 0 Å². The highest BCUT2D eigenvalue weighted by Crippen LogP contribution is 2.55. The van der Waals surface area contributed by atoms with E-state index in [1.54, 1.807) is 0 Å². The first-order chi connectivity index (χ1) is 9.21. The monoisotopic (exact) mass is 273 g/mol. The van der Waals surface area contributed by atoms with Gasteiger partial charge in [0.1, 0.15) is 11.4 Å². The van der Waals surface area contributed by atoms with Gasteiger partial charge in [0.15, 0.2) is 0 Å². The molecular weight excluding hydrogens is 246 g/mol. The Bertz CT molecular complexity index is 502. The molecule has 1 aromatic rings. The van der Waals surface area contributed by atoms with Crippen LogP contribution in [-0.2, 0) is 0 Å². The molecule has 1 aromatic carbocycles. The zero-order valence-electron chi connectivity index (χ0n) is 13.2. The average Bonchev–Trinajstić information content (AvgIpc) is 2.23. The minimum Gasteiger partial charge on any atom is -0.487 e. The van der Waals surface area contributed by atoms with Gasteiger partial charge in [0.2, 0.25) is 0 Å². The van der Waals surface area contributed by atoms with E-state index in [0.29, 0.717) is 10.8 Å². The molecular formula is C18H27NO. The lowest BCUT2D eigenvalue weighted by atomic mass is 9.58. The fourth-order valence-corrected chi connectivity index (χ4v) is 5.11. The first kappa shape index (κ1) is 13.9. The summed E-state index contributed by atoms with van der Waals surface area (Å²) in [4.78, 5) is 0. The number of para-hydroxylation sites is 1. The third-order valence-electron chi connectivity index (χ3n) is 4.80. The van der Waals surface area contributed by atoms with Gasteiger partial charge in [-0.15, -0.1) is 0 Å². The standard InChI is InChI=1S/C18H27NO/c1-16(2)10-17(3,4)12-18(11-16)9-14(19)13-7-5-6-8-15(13)20-18/h5-8,14H,9-12,19H2,1-4H3/t14-/m0/s1. The molecule has 1 aliphatic carbocycles. The molecule has 110 valence electrons. The SMILES string of the molecule is CC1(C)CC(C)(C)CC2(C[C@H](N)c3ccccc3O2)C1. The molecule has 20 heavy (non-hydrogen) atoms. The maximum absolute atomic E-state index is 6.52. The summed E-state index contributed by atoms with van der Waals surface area (Å²) in [6, 6.07) is 8.37. The Hall–Kier alpha value is -1.02. The van der Waals surface area contributed by atoms with E-state index in [1.165, 1.54) is 12.0 Å². The van der Waals surface area contributed by atoms with E-state index in [1.807, 2.05) is 6.07 Å². The molecule has 2 nitrogen and oxygen atoms in total. The van der Waals surface area contributed by atoms with Crippen LogP contribution < -0.4 is 10.5 Å². The molecule has 1 aliphatic heterocycles. The zero-order chi connectivity index (χ0) is 14.6. The number of fused-ring (bicyclic) bond motifs is 1. The smallest absolute Gasteiger partial charge is 0.124 e. The van der Waals surface area contributed by atoms with E-state index < -0.39 is 0 Å². The van der Waals surface area contributed by atoms with Crippen LogP contribution in [0.25, 0.3) is 0 Å². The van der Waals surface area contributed by atoms with Gasteiger partial charge in [0.05, 0.1) is 0 Å². The molecule has 2 aliphatic rings. The van der Waals surface area contributed by atoms with Crippen molar-refractivity contribution in [3.63, 3.8) is 0 Å². The van der Waals surface area contributed by atoms with E-state index in [2.05, 4.69) is 45.9 Å². The molecule has 2 heteroatoms. The highest BCUT2D eigenvalue weighted by atomic mass is 16.5. The summed E-state index contributed by atoms with van der Waals surface area (Å²) in [5, 5.41) is 0. The van der Waals surface area contributed by atoms with Gasteiger partial charge < -0.3 is 10.5 Å². The van der Waals surface area contributed by atoms with E-state index in [4.69, 9.17) is 10.5 Å². The second kappa shape index (κ2) is 4.24. The molecule has 3 rings (SSSR count). The molecule has 0 bridgehead atoms. The van der Waals surface area contributed by atoms with E-state index in [0.717, 1.165) is 25.0 Å². The summed E-state index contributed by atoms with van der Waals surface area (Å²) >= 11 is 0. The van der Waals surface area contributed by atoms with Crippen molar-refractivity contribution in [2.24, 2.45) is 16.6 Å². The summed E-state index contributed by atoms with van der Waals surface area (Å²) < 4.78 is 6.52. The highest BCUT2D eigenvalue weighted by Gasteiger charge is 2.51. The predicted octanol–water partition coefficient (Wildman–Crippen LogP) is 4.44. The summed E-state index contributed by atoms with van der Waals surface area (Å²) in [6.45, 7) is 9.46. The number of benzene rings is 1. The molecule has 0 aromatic heterocycles. The van der Waals surface area contributed by atoms with Crippen LogP contribution >= 0.6 is 0 Å². The van der Waals surface area contributed by atoms with Crippen LogP contribution in [0.4, 0.5) is 0 Å². The van der Waals surface area contributed by atoms with Gasteiger partial charge in [-0.05, 0) is 36.2 Å². The maximum atomic E-state index is 6.52. The molecule has 0 radical (unpaired) electrons. The lowest BCUT2D eigenvalue weighted by Gasteiger charge is -2.54. The van der Waals surface area contributed by atoms with Crippen molar-refractivity contribution in [3.05, 3.63) is 29.8 Å². The van der Waals surface area contributed by atoms with Crippen molar-refractivity contribution in [1.82, 2.24) is 0 Å². The normalized spacial score (nSPS) is 29.6. The quantitative estimate of drug-likeness (QED) is 0.758. The zero-order valence-corrected chi connectivity index (χ0v) is 13.2. The van der Waals surface area contributed by atoms with Crippen molar-refractivity contribution >= 4 is 0 Å². The topological polar surface area (TPSA) is 35.2 Å². The Kier molecular flexibility index (Phi) is 2.95. The minimum absolute atomic E-state index is 0.0843. The van der Waals surface area contributed by atoms with Crippen LogP contribution in [-0.4, -0.2) is 5.60 Å². The largest absolute Gasteiger partial charge is 0.487 e. The number of hydrogen-bond acceptors (Lipinski definition) is 2. The van der Waals surface area contributed by atoms with Crippen LogP contribution in [0.2, 0.25) is 0 Å². The van der Waals surface area contributed by atoms with Crippen LogP contribution in [0.1, 0.15) is 65.0 Å². The highest BCUT2D eigenvalue weighted by molar-refractivity contribution is 5.39. The summed E-state index contributed by atoms with van der Waals surface area (Å²) in [7, 11) is 0. The number of rotatable bonds is 0. The third kappa shape index (κ3) is 2.46. The molecule has 0 unspecified atom stereocenters. The molecule has 0 saturated heterocycles. The second-order valence-electron chi connectivity index (χ2n) is 8.49. The molecule has 1 saturated carbocycles. The molecule has 0 amide bonds. The first-order valence-corrected chi connectivity index (χ1v) is 7.74. The van der Waals surface area contributed by atoms with Crippen LogP contribution in [0.15, 0.2) is 24.3 Å². The van der Waals surface area contributed by atoms with Gasteiger partial charge in [-0.25, -0.2) is 0 Å². The van der Waals surface area contributed by atoms with Gasteiger partial charge in [-0.3, -0.25) is 0 Å². The van der Waals surface area contributed by atoms with Crippen molar-refractivity contribution < 1.29 is 4.74 Å². The lowest BCUT2D eigenvalue weighted by Crippen LogP contribution is -2.52. The Morgan fingerprint density at radius 2 is 1.60 bits per heavy atom. The van der Waals surface area contributed by atoms with Gasteiger partial charge in [0, 0.05) is 18.0 Å². The molecule has 2 N–H and O–H groups in total. The number of ether oxygens (including phenoxy) is 1. The fourth-order valence-electron chi connectivity index (χ4n) is 5.11. The van der Waals surface area contributed by atoms with Crippen LogP contribution in [0.5, 0.6) is 5.75 Å². The average molecular weight is 273 g/mol. The lowest BCUT2D eigenvalue weighted by molar-refractivity contribution is -0.0839. The van der Waals surface area contributed by atoms with E-state index >= 15 is 0 Å². The molecule has 1 fully saturated rings. The predicted molar refractivity (Wildman–Crippen MR) is 82.8 cm³/mol. The summed E-state index contributed by atoms with van der Waals surface area (Å²) in [5.41, 5.74) is 8.16. The molecule has 1 atom stereocenters. The van der Waals surface area contributed by atoms with Gasteiger partial charge >= 0.3 is 0 Å². The van der Waals surface area contributed by atoms with Gasteiger partial charge in [-0.1, -0.05) is 45.9 Å². The minimum atomic E-state index is -0.0843. The van der Waals surface area contributed by atoms with Crippen LogP contribution in [0.3, 0.4) is 0 Å². The number of nitrogens with two attached hydrogens (primary N) is 1. The first-order valence-electron chi connectivity index (χ1n) is 7.74. The van der Waals surface area contributed by atoms with Crippen molar-refractivity contribution in [2.45, 2.75) is 65.0 Å². The van der Waals surface area contributed by atoms with Crippen LogP contribution in [0, 0.1) is 10.8 Å².